The number of rotatable bonds is 5. The monoisotopic (exact) mass is 386 g/mol. The Morgan fingerprint density at radius 2 is 2.12 bits per heavy atom. The summed E-state index contributed by atoms with van der Waals surface area (Å²) < 4.78 is 0.715. The van der Waals surface area contributed by atoms with Crippen molar-refractivity contribution in [3.8, 4) is 0 Å². The van der Waals surface area contributed by atoms with Crippen LogP contribution in [0.3, 0.4) is 0 Å². The molecule has 132 valence electrons. The highest BCUT2D eigenvalue weighted by molar-refractivity contribution is 8.01. The van der Waals surface area contributed by atoms with Crippen LogP contribution in [0.2, 0.25) is 0 Å². The molecule has 2 aromatic heterocycles. The third-order valence-electron chi connectivity index (χ3n) is 3.45. The molecule has 26 heavy (non-hydrogen) atoms. The molecular weight excluding hydrogens is 372 g/mol. The molecule has 0 spiro atoms. The summed E-state index contributed by atoms with van der Waals surface area (Å²) in [4.78, 5) is 32.2. The van der Waals surface area contributed by atoms with Crippen LogP contribution >= 0.6 is 23.1 Å². The van der Waals surface area contributed by atoms with Crippen LogP contribution in [0.25, 0.3) is 0 Å². The van der Waals surface area contributed by atoms with Crippen molar-refractivity contribution in [2.45, 2.75) is 23.1 Å². The van der Waals surface area contributed by atoms with Crippen LogP contribution in [-0.2, 0) is 0 Å². The Balaban J connectivity index is 1.87. The maximum absolute atomic E-state index is 12.4. The quantitative estimate of drug-likeness (QED) is 0.513. The number of carbonyl (C=O) groups excluding carboxylic acids is 1. The van der Waals surface area contributed by atoms with Crippen molar-refractivity contribution < 1.29 is 9.72 Å². The molecule has 0 atom stereocenters. The maximum Gasteiger partial charge on any atom is 0.284 e. The van der Waals surface area contributed by atoms with Crippen molar-refractivity contribution in [3.05, 3.63) is 68.8 Å². The van der Waals surface area contributed by atoms with Crippen molar-refractivity contribution in [3.63, 3.8) is 0 Å². The zero-order valence-corrected chi connectivity index (χ0v) is 15.6. The van der Waals surface area contributed by atoms with Gasteiger partial charge in [-0.1, -0.05) is 17.8 Å². The largest absolute Gasteiger partial charge is 0.306 e. The van der Waals surface area contributed by atoms with Gasteiger partial charge >= 0.3 is 0 Å². The summed E-state index contributed by atoms with van der Waals surface area (Å²) in [7, 11) is 0. The molecule has 1 N–H and O–H groups in total. The highest BCUT2D eigenvalue weighted by atomic mass is 32.2. The Hall–Kier alpha value is -2.78. The fraction of sp³-hybridized carbons (Fsp3) is 0.118. The molecular formula is C17H14N4O3S2. The summed E-state index contributed by atoms with van der Waals surface area (Å²) >= 11 is 2.63. The molecule has 7 nitrogen and oxygen atoms in total. The molecule has 3 aromatic rings. The van der Waals surface area contributed by atoms with E-state index in [0.717, 1.165) is 11.3 Å². The van der Waals surface area contributed by atoms with E-state index in [0.29, 0.717) is 15.1 Å². The number of nitrogens with zero attached hydrogens (tertiary/aromatic N) is 3. The summed E-state index contributed by atoms with van der Waals surface area (Å²) in [5.74, 6) is -0.0200. The van der Waals surface area contributed by atoms with Gasteiger partial charge in [-0.15, -0.1) is 11.3 Å². The average molecular weight is 386 g/mol. The second kappa shape index (κ2) is 7.63. The topological polar surface area (TPSA) is 98.0 Å². The van der Waals surface area contributed by atoms with E-state index in [4.69, 9.17) is 0 Å². The van der Waals surface area contributed by atoms with Crippen LogP contribution in [0, 0.1) is 24.0 Å². The van der Waals surface area contributed by atoms with Crippen molar-refractivity contribution >= 4 is 40.5 Å². The second-order valence-electron chi connectivity index (χ2n) is 5.42. The lowest BCUT2D eigenvalue weighted by Crippen LogP contribution is -2.14. The summed E-state index contributed by atoms with van der Waals surface area (Å²) in [5.41, 5.74) is 1.73. The van der Waals surface area contributed by atoms with E-state index in [1.54, 1.807) is 24.4 Å². The molecule has 1 aromatic carbocycles. The van der Waals surface area contributed by atoms with Gasteiger partial charge in [-0.2, -0.15) is 0 Å². The minimum atomic E-state index is -0.494. The van der Waals surface area contributed by atoms with E-state index in [9.17, 15) is 14.9 Å². The summed E-state index contributed by atoms with van der Waals surface area (Å²) in [6, 6.07) is 7.99. The maximum atomic E-state index is 12.4. The number of nitrogens with one attached hydrogen (secondary N) is 1. The number of nitro benzene ring substituents is 1. The number of carbonyl (C=O) groups is 1. The van der Waals surface area contributed by atoms with E-state index in [1.165, 1.54) is 29.2 Å². The Morgan fingerprint density at radius 1 is 1.31 bits per heavy atom. The van der Waals surface area contributed by atoms with Gasteiger partial charge in [0.2, 0.25) is 0 Å². The first-order valence-corrected chi connectivity index (χ1v) is 9.25. The van der Waals surface area contributed by atoms with Gasteiger partial charge in [-0.25, -0.2) is 9.97 Å². The second-order valence-corrected chi connectivity index (χ2v) is 7.57. The van der Waals surface area contributed by atoms with Gasteiger partial charge in [0.25, 0.3) is 11.6 Å². The Bertz CT molecular complexity index is 988. The highest BCUT2D eigenvalue weighted by Crippen LogP contribution is 2.36. The van der Waals surface area contributed by atoms with Crippen LogP contribution in [0.5, 0.6) is 0 Å². The summed E-state index contributed by atoms with van der Waals surface area (Å²) in [5, 5.41) is 16.0. The van der Waals surface area contributed by atoms with Crippen molar-refractivity contribution in [1.29, 1.82) is 0 Å². The number of benzene rings is 1. The van der Waals surface area contributed by atoms with Crippen molar-refractivity contribution in [1.82, 2.24) is 9.97 Å². The van der Waals surface area contributed by atoms with E-state index in [-0.39, 0.29) is 11.3 Å². The third-order valence-corrected chi connectivity index (χ3v) is 5.58. The van der Waals surface area contributed by atoms with E-state index < -0.39 is 10.8 Å². The molecule has 0 aliphatic heterocycles. The number of hydrogen-bond donors (Lipinski definition) is 1. The first-order valence-electron chi connectivity index (χ1n) is 7.55. The van der Waals surface area contributed by atoms with Gasteiger partial charge in [-0.05, 0) is 37.6 Å². The Morgan fingerprint density at radius 3 is 2.77 bits per heavy atom. The van der Waals surface area contributed by atoms with Gasteiger partial charge in [0.15, 0.2) is 4.34 Å². The minimum Gasteiger partial charge on any atom is -0.306 e. The highest BCUT2D eigenvalue weighted by Gasteiger charge is 2.20. The standard InChI is InChI=1S/C17H14N4O3S2/c1-10-4-3-7-18-15(10)20-16(22)12-5-6-14(13(8-12)21(23)24)26-17-19-11(2)9-25-17/h3-9H,1-2H3,(H,18,20,22). The lowest BCUT2D eigenvalue weighted by atomic mass is 10.2. The number of amides is 1. The van der Waals surface area contributed by atoms with Crippen LogP contribution in [0.1, 0.15) is 21.6 Å². The predicted molar refractivity (Wildman–Crippen MR) is 101 cm³/mol. The molecule has 0 unspecified atom stereocenters. The lowest BCUT2D eigenvalue weighted by Gasteiger charge is -2.08. The number of aromatic nitrogens is 2. The third kappa shape index (κ3) is 4.06. The van der Waals surface area contributed by atoms with Gasteiger partial charge in [0.05, 0.1) is 9.82 Å². The number of hydrogen-bond acceptors (Lipinski definition) is 7. The van der Waals surface area contributed by atoms with E-state index in [2.05, 4.69) is 15.3 Å². The smallest absolute Gasteiger partial charge is 0.284 e. The van der Waals surface area contributed by atoms with Crippen LogP contribution in [0.4, 0.5) is 11.5 Å². The SMILES string of the molecule is Cc1csc(Sc2ccc(C(=O)Nc3ncccc3C)cc2[N+](=O)[O-])n1. The van der Waals surface area contributed by atoms with E-state index >= 15 is 0 Å². The fourth-order valence-electron chi connectivity index (χ4n) is 2.16. The van der Waals surface area contributed by atoms with Gasteiger partial charge in [0.1, 0.15) is 5.82 Å². The molecule has 0 saturated heterocycles. The summed E-state index contributed by atoms with van der Waals surface area (Å²) in [6.07, 6.45) is 1.57. The first-order chi connectivity index (χ1) is 12.4. The summed E-state index contributed by atoms with van der Waals surface area (Å²) in [6.45, 7) is 3.68. The molecule has 0 aliphatic carbocycles. The molecule has 0 bridgehead atoms. The van der Waals surface area contributed by atoms with Gasteiger partial charge in [-0.3, -0.25) is 14.9 Å². The first kappa shape index (κ1) is 18.0. The number of pyridine rings is 1. The van der Waals surface area contributed by atoms with Gasteiger partial charge < -0.3 is 5.32 Å². The molecule has 0 saturated carbocycles. The molecule has 0 radical (unpaired) electrons. The number of thiazole rings is 1. The molecule has 9 heteroatoms. The zero-order chi connectivity index (χ0) is 18.7. The van der Waals surface area contributed by atoms with Crippen LogP contribution in [-0.4, -0.2) is 20.8 Å². The number of nitro groups is 1. The van der Waals surface area contributed by atoms with Gasteiger partial charge in [0, 0.05) is 28.9 Å². The number of aryl methyl sites for hydroxylation is 2. The molecule has 3 rings (SSSR count). The molecule has 0 aliphatic rings. The van der Waals surface area contributed by atoms with Crippen molar-refractivity contribution in [2.75, 3.05) is 5.32 Å². The zero-order valence-electron chi connectivity index (χ0n) is 13.9. The molecule has 2 heterocycles. The van der Waals surface area contributed by atoms with Crippen LogP contribution in [0.15, 0.2) is 51.1 Å². The van der Waals surface area contributed by atoms with E-state index in [1.807, 2.05) is 25.3 Å². The van der Waals surface area contributed by atoms with Crippen molar-refractivity contribution in [2.24, 2.45) is 0 Å². The van der Waals surface area contributed by atoms with Crippen LogP contribution < -0.4 is 5.32 Å². The Kier molecular flexibility index (Phi) is 5.29. The normalized spacial score (nSPS) is 10.5. The average Bonchev–Trinajstić information content (AvgIpc) is 3.02. The Labute approximate surface area is 157 Å². The fourth-order valence-corrected chi connectivity index (χ4v) is 4.04. The molecule has 1 amide bonds. The molecule has 0 fully saturated rings. The minimum absolute atomic E-state index is 0.131. The lowest BCUT2D eigenvalue weighted by molar-refractivity contribution is -0.387. The predicted octanol–water partition coefficient (Wildman–Crippen LogP) is 4.47. The number of anilines is 1.